The van der Waals surface area contributed by atoms with Gasteiger partial charge in [0.15, 0.2) is 5.13 Å². The van der Waals surface area contributed by atoms with Crippen molar-refractivity contribution in [3.63, 3.8) is 0 Å². The van der Waals surface area contributed by atoms with Crippen LogP contribution in [0.4, 0.5) is 10.3 Å². The van der Waals surface area contributed by atoms with Crippen LogP contribution >= 0.6 is 34.0 Å². The van der Waals surface area contributed by atoms with Gasteiger partial charge in [0.1, 0.15) is 5.01 Å². The van der Waals surface area contributed by atoms with Crippen LogP contribution in [-0.4, -0.2) is 27.0 Å². The highest BCUT2D eigenvalue weighted by Crippen LogP contribution is 2.18. The van der Waals surface area contributed by atoms with Crippen molar-refractivity contribution in [3.8, 4) is 0 Å². The smallest absolute Gasteiger partial charge is 0.232 e. The predicted octanol–water partition coefficient (Wildman–Crippen LogP) is 2.73. The lowest BCUT2D eigenvalue weighted by atomic mass is 10.3. The fourth-order valence-electron chi connectivity index (χ4n) is 1.86. The van der Waals surface area contributed by atoms with Crippen LogP contribution in [0, 0.1) is 6.92 Å². The van der Waals surface area contributed by atoms with E-state index in [1.165, 1.54) is 34.0 Å². The van der Waals surface area contributed by atoms with Gasteiger partial charge in [-0.05, 0) is 18.4 Å². The van der Waals surface area contributed by atoms with E-state index in [0.717, 1.165) is 9.88 Å². The first-order valence-corrected chi connectivity index (χ1v) is 9.52. The monoisotopic (exact) mass is 379 g/mol. The van der Waals surface area contributed by atoms with Gasteiger partial charge in [-0.1, -0.05) is 17.4 Å². The summed E-state index contributed by atoms with van der Waals surface area (Å²) in [6.45, 7) is 1.82. The molecule has 0 aromatic carbocycles. The van der Waals surface area contributed by atoms with Gasteiger partial charge in [-0.25, -0.2) is 4.98 Å². The van der Waals surface area contributed by atoms with Crippen LogP contribution in [0.15, 0.2) is 22.9 Å². The van der Waals surface area contributed by atoms with E-state index in [-0.39, 0.29) is 18.2 Å². The molecule has 3 heterocycles. The molecule has 0 aliphatic carbocycles. The van der Waals surface area contributed by atoms with Crippen molar-refractivity contribution >= 4 is 56.1 Å². The van der Waals surface area contributed by atoms with Crippen molar-refractivity contribution < 1.29 is 9.59 Å². The van der Waals surface area contributed by atoms with Crippen LogP contribution in [0.5, 0.6) is 0 Å². The molecule has 124 valence electrons. The number of thiophene rings is 1. The van der Waals surface area contributed by atoms with E-state index in [2.05, 4.69) is 25.8 Å². The summed E-state index contributed by atoms with van der Waals surface area (Å²) in [6, 6.07) is 3.82. The number of amides is 2. The molecule has 0 aliphatic heterocycles. The number of aromatic nitrogens is 3. The molecule has 2 N–H and O–H groups in total. The van der Waals surface area contributed by atoms with E-state index >= 15 is 0 Å². The topological polar surface area (TPSA) is 96.9 Å². The summed E-state index contributed by atoms with van der Waals surface area (Å²) in [5, 5.41) is 18.5. The molecule has 24 heavy (non-hydrogen) atoms. The summed E-state index contributed by atoms with van der Waals surface area (Å²) in [5.74, 6) is -0.333. The molecule has 3 aromatic rings. The van der Waals surface area contributed by atoms with Gasteiger partial charge >= 0.3 is 0 Å². The maximum atomic E-state index is 11.9. The number of anilines is 2. The van der Waals surface area contributed by atoms with Gasteiger partial charge in [-0.2, -0.15) is 0 Å². The second-order valence-electron chi connectivity index (χ2n) is 4.80. The maximum absolute atomic E-state index is 11.9. The molecule has 0 spiro atoms. The Kier molecular flexibility index (Phi) is 5.28. The Morgan fingerprint density at radius 2 is 1.88 bits per heavy atom. The van der Waals surface area contributed by atoms with E-state index in [1.54, 1.807) is 5.38 Å². The van der Waals surface area contributed by atoms with Gasteiger partial charge in [0.25, 0.3) is 0 Å². The zero-order valence-corrected chi connectivity index (χ0v) is 15.1. The minimum Gasteiger partial charge on any atom is -0.302 e. The lowest BCUT2D eigenvalue weighted by Crippen LogP contribution is -2.15. The Balaban J connectivity index is 1.51. The van der Waals surface area contributed by atoms with Crippen molar-refractivity contribution in [2.75, 3.05) is 10.6 Å². The average Bonchev–Trinajstić information content (AvgIpc) is 3.23. The van der Waals surface area contributed by atoms with Crippen molar-refractivity contribution in [3.05, 3.63) is 38.5 Å². The van der Waals surface area contributed by atoms with E-state index in [0.29, 0.717) is 22.4 Å². The van der Waals surface area contributed by atoms with Crippen LogP contribution in [0.1, 0.15) is 15.6 Å². The lowest BCUT2D eigenvalue weighted by molar-refractivity contribution is -0.116. The minimum atomic E-state index is -0.215. The molecule has 3 aromatic heterocycles. The van der Waals surface area contributed by atoms with Gasteiger partial charge < -0.3 is 10.6 Å². The summed E-state index contributed by atoms with van der Waals surface area (Å²) < 4.78 is 0. The molecule has 0 unspecified atom stereocenters. The summed E-state index contributed by atoms with van der Waals surface area (Å²) in [7, 11) is 0. The molecule has 0 fully saturated rings. The molecule has 3 rings (SSSR count). The third kappa shape index (κ3) is 4.66. The van der Waals surface area contributed by atoms with Crippen LogP contribution in [0.2, 0.25) is 0 Å². The maximum Gasteiger partial charge on any atom is 0.232 e. The van der Waals surface area contributed by atoms with Crippen molar-refractivity contribution in [1.29, 1.82) is 0 Å². The number of carbonyl (C=O) groups is 2. The number of thiazole rings is 1. The van der Waals surface area contributed by atoms with E-state index in [9.17, 15) is 9.59 Å². The Morgan fingerprint density at radius 1 is 1.08 bits per heavy atom. The first-order chi connectivity index (χ1) is 11.6. The molecule has 0 radical (unpaired) electrons. The molecule has 0 bridgehead atoms. The van der Waals surface area contributed by atoms with Gasteiger partial charge in [0.05, 0.1) is 18.5 Å². The first-order valence-electron chi connectivity index (χ1n) is 6.95. The number of hydrogen-bond acceptors (Lipinski definition) is 8. The highest BCUT2D eigenvalue weighted by molar-refractivity contribution is 7.15. The largest absolute Gasteiger partial charge is 0.302 e. The molecule has 2 amide bonds. The van der Waals surface area contributed by atoms with Crippen molar-refractivity contribution in [2.24, 2.45) is 0 Å². The fourth-order valence-corrected chi connectivity index (χ4v) is 3.89. The lowest BCUT2D eigenvalue weighted by Gasteiger charge is -2.00. The van der Waals surface area contributed by atoms with Gasteiger partial charge in [0.2, 0.25) is 16.9 Å². The molecule has 0 aliphatic rings. The molecule has 0 saturated heterocycles. The zero-order chi connectivity index (χ0) is 16.9. The van der Waals surface area contributed by atoms with Crippen molar-refractivity contribution in [1.82, 2.24) is 15.2 Å². The molecule has 7 nitrogen and oxygen atoms in total. The predicted molar refractivity (Wildman–Crippen MR) is 95.7 cm³/mol. The van der Waals surface area contributed by atoms with E-state index in [1.807, 2.05) is 24.4 Å². The molecular formula is C14H13N5O2S3. The van der Waals surface area contributed by atoms with Crippen LogP contribution in [0.3, 0.4) is 0 Å². The highest BCUT2D eigenvalue weighted by Gasteiger charge is 2.12. The van der Waals surface area contributed by atoms with E-state index < -0.39 is 0 Å². The Hall–Kier alpha value is -2.17. The van der Waals surface area contributed by atoms with Gasteiger partial charge in [-0.3, -0.25) is 9.59 Å². The second kappa shape index (κ2) is 7.60. The van der Waals surface area contributed by atoms with Crippen molar-refractivity contribution in [2.45, 2.75) is 19.8 Å². The standard InChI is InChI=1S/C14H13N5O2S3/c1-8-18-19-14(24-8)17-11(20)5-9-7-23-13(15-9)16-12(21)6-10-3-2-4-22-10/h2-4,7H,5-6H2,1H3,(H,15,16,21)(H,17,19,20). The molecular weight excluding hydrogens is 366 g/mol. The van der Waals surface area contributed by atoms with Crippen LogP contribution in [-0.2, 0) is 22.4 Å². The Bertz CT molecular complexity index is 840. The number of nitrogens with zero attached hydrogens (tertiary/aromatic N) is 3. The van der Waals surface area contributed by atoms with Gasteiger partial charge in [-0.15, -0.1) is 32.9 Å². The SMILES string of the molecule is Cc1nnc(NC(=O)Cc2csc(NC(=O)Cc3cccs3)n2)s1. The Labute approximate surface area is 149 Å². The van der Waals surface area contributed by atoms with E-state index in [4.69, 9.17) is 0 Å². The quantitative estimate of drug-likeness (QED) is 0.686. The summed E-state index contributed by atoms with van der Waals surface area (Å²) >= 11 is 4.15. The molecule has 0 saturated carbocycles. The minimum absolute atomic E-state index is 0.118. The normalized spacial score (nSPS) is 10.5. The number of rotatable bonds is 6. The zero-order valence-electron chi connectivity index (χ0n) is 12.6. The second-order valence-corrected chi connectivity index (χ2v) is 7.87. The highest BCUT2D eigenvalue weighted by atomic mass is 32.1. The van der Waals surface area contributed by atoms with Crippen LogP contribution in [0.25, 0.3) is 0 Å². The summed E-state index contributed by atoms with van der Waals surface area (Å²) in [5.41, 5.74) is 0.602. The molecule has 0 atom stereocenters. The third-order valence-electron chi connectivity index (χ3n) is 2.83. The summed E-state index contributed by atoms with van der Waals surface area (Å²) in [4.78, 5) is 29.1. The van der Waals surface area contributed by atoms with Gasteiger partial charge in [0, 0.05) is 10.3 Å². The number of carbonyl (C=O) groups excluding carboxylic acids is 2. The number of hydrogen-bond donors (Lipinski definition) is 2. The Morgan fingerprint density at radius 3 is 2.58 bits per heavy atom. The first kappa shape index (κ1) is 16.7. The van der Waals surface area contributed by atoms with Crippen LogP contribution < -0.4 is 10.6 Å². The number of nitrogens with one attached hydrogen (secondary N) is 2. The summed E-state index contributed by atoms with van der Waals surface area (Å²) in [6.07, 6.45) is 0.444. The average molecular weight is 379 g/mol. The number of aryl methyl sites for hydroxylation is 1. The molecule has 10 heteroatoms. The fraction of sp³-hybridized carbons (Fsp3) is 0.214. The third-order valence-corrected chi connectivity index (χ3v) is 5.26.